The number of hydrogen-bond acceptors (Lipinski definition) is 4. The molecule has 110 valence electrons. The van der Waals surface area contributed by atoms with Crippen LogP contribution in [0.25, 0.3) is 0 Å². The van der Waals surface area contributed by atoms with Crippen LogP contribution in [-0.4, -0.2) is 41.0 Å². The lowest BCUT2D eigenvalue weighted by Gasteiger charge is -2.35. The SMILES string of the molecule is Cc1ncccc1CN1CCN(c2ncccc2Br)CC1. The minimum atomic E-state index is 0.983. The Balaban J connectivity index is 1.61. The average Bonchev–Trinajstić information content (AvgIpc) is 2.51. The van der Waals surface area contributed by atoms with Crippen LogP contribution in [0, 0.1) is 6.92 Å². The van der Waals surface area contributed by atoms with Gasteiger partial charge in [-0.15, -0.1) is 0 Å². The predicted molar refractivity (Wildman–Crippen MR) is 88.4 cm³/mol. The Labute approximate surface area is 133 Å². The van der Waals surface area contributed by atoms with Crippen molar-refractivity contribution in [2.75, 3.05) is 31.1 Å². The molecule has 1 saturated heterocycles. The average molecular weight is 347 g/mol. The van der Waals surface area contributed by atoms with Crippen molar-refractivity contribution in [3.05, 3.63) is 52.4 Å². The molecule has 4 nitrogen and oxygen atoms in total. The van der Waals surface area contributed by atoms with Crippen LogP contribution in [0.5, 0.6) is 0 Å². The number of pyridine rings is 2. The third-order valence-electron chi connectivity index (χ3n) is 3.92. The smallest absolute Gasteiger partial charge is 0.142 e. The standard InChI is InChI=1S/C16H19BrN4/c1-13-14(4-2-6-18-13)12-20-8-10-21(11-9-20)16-15(17)5-3-7-19-16/h2-7H,8-12H2,1H3. The molecule has 0 unspecified atom stereocenters. The number of halogens is 1. The van der Waals surface area contributed by atoms with Crippen LogP contribution < -0.4 is 4.90 Å². The first-order chi connectivity index (χ1) is 10.2. The summed E-state index contributed by atoms with van der Waals surface area (Å²) in [5.41, 5.74) is 2.46. The second-order valence-electron chi connectivity index (χ2n) is 5.32. The summed E-state index contributed by atoms with van der Waals surface area (Å²) < 4.78 is 1.07. The molecule has 3 rings (SSSR count). The topological polar surface area (TPSA) is 32.3 Å². The van der Waals surface area contributed by atoms with E-state index in [1.165, 1.54) is 5.56 Å². The molecule has 5 heteroatoms. The molecule has 0 N–H and O–H groups in total. The molecule has 21 heavy (non-hydrogen) atoms. The lowest BCUT2D eigenvalue weighted by molar-refractivity contribution is 0.248. The van der Waals surface area contributed by atoms with Gasteiger partial charge in [0.1, 0.15) is 5.82 Å². The first kappa shape index (κ1) is 14.5. The molecular formula is C16H19BrN4. The van der Waals surface area contributed by atoms with E-state index in [0.29, 0.717) is 0 Å². The zero-order chi connectivity index (χ0) is 14.7. The third kappa shape index (κ3) is 3.41. The van der Waals surface area contributed by atoms with Crippen LogP contribution in [0.2, 0.25) is 0 Å². The molecule has 3 heterocycles. The van der Waals surface area contributed by atoms with E-state index < -0.39 is 0 Å². The van der Waals surface area contributed by atoms with E-state index in [-0.39, 0.29) is 0 Å². The zero-order valence-electron chi connectivity index (χ0n) is 12.2. The van der Waals surface area contributed by atoms with E-state index in [2.05, 4.69) is 48.7 Å². The Morgan fingerprint density at radius 3 is 2.48 bits per heavy atom. The molecule has 0 aromatic carbocycles. The van der Waals surface area contributed by atoms with Gasteiger partial charge in [-0.25, -0.2) is 4.98 Å². The van der Waals surface area contributed by atoms with Crippen molar-refractivity contribution >= 4 is 21.7 Å². The Kier molecular flexibility index (Phi) is 4.51. The number of anilines is 1. The molecular weight excluding hydrogens is 328 g/mol. The van der Waals surface area contributed by atoms with Gasteiger partial charge >= 0.3 is 0 Å². The lowest BCUT2D eigenvalue weighted by atomic mass is 10.2. The molecule has 0 amide bonds. The number of piperazine rings is 1. The Hall–Kier alpha value is -1.46. The summed E-state index contributed by atoms with van der Waals surface area (Å²) in [5, 5.41) is 0. The summed E-state index contributed by atoms with van der Waals surface area (Å²) in [6, 6.07) is 8.19. The van der Waals surface area contributed by atoms with Gasteiger partial charge < -0.3 is 4.90 Å². The molecule has 1 aliphatic heterocycles. The molecule has 0 bridgehead atoms. The van der Waals surface area contributed by atoms with Gasteiger partial charge in [0.25, 0.3) is 0 Å². The highest BCUT2D eigenvalue weighted by Gasteiger charge is 2.19. The number of hydrogen-bond donors (Lipinski definition) is 0. The van der Waals surface area contributed by atoms with E-state index >= 15 is 0 Å². The highest BCUT2D eigenvalue weighted by Crippen LogP contribution is 2.24. The normalized spacial score (nSPS) is 16.2. The van der Waals surface area contributed by atoms with Crippen LogP contribution in [-0.2, 0) is 6.54 Å². The fourth-order valence-corrected chi connectivity index (χ4v) is 3.16. The van der Waals surface area contributed by atoms with Crippen LogP contribution >= 0.6 is 15.9 Å². The van der Waals surface area contributed by atoms with Gasteiger partial charge in [-0.2, -0.15) is 0 Å². The summed E-state index contributed by atoms with van der Waals surface area (Å²) >= 11 is 3.58. The molecule has 0 radical (unpaired) electrons. The quantitative estimate of drug-likeness (QED) is 0.855. The highest BCUT2D eigenvalue weighted by atomic mass is 79.9. The summed E-state index contributed by atoms with van der Waals surface area (Å²) in [5.74, 6) is 1.05. The highest BCUT2D eigenvalue weighted by molar-refractivity contribution is 9.10. The van der Waals surface area contributed by atoms with E-state index in [1.54, 1.807) is 0 Å². The van der Waals surface area contributed by atoms with E-state index in [0.717, 1.165) is 48.7 Å². The third-order valence-corrected chi connectivity index (χ3v) is 4.54. The van der Waals surface area contributed by atoms with Gasteiger partial charge in [0.05, 0.1) is 4.47 Å². The minimum absolute atomic E-state index is 0.983. The summed E-state index contributed by atoms with van der Waals surface area (Å²) in [4.78, 5) is 13.7. The summed E-state index contributed by atoms with van der Waals surface area (Å²) in [6.45, 7) is 7.19. The van der Waals surface area contributed by atoms with Crippen molar-refractivity contribution in [1.82, 2.24) is 14.9 Å². The van der Waals surface area contributed by atoms with Gasteiger partial charge in [-0.1, -0.05) is 6.07 Å². The molecule has 0 spiro atoms. The molecule has 0 aliphatic carbocycles. The lowest BCUT2D eigenvalue weighted by Crippen LogP contribution is -2.46. The van der Waals surface area contributed by atoms with E-state index in [4.69, 9.17) is 0 Å². The van der Waals surface area contributed by atoms with Crippen LogP contribution in [0.4, 0.5) is 5.82 Å². The maximum Gasteiger partial charge on any atom is 0.142 e. The summed E-state index contributed by atoms with van der Waals surface area (Å²) in [6.07, 6.45) is 3.71. The largest absolute Gasteiger partial charge is 0.353 e. The second kappa shape index (κ2) is 6.54. The molecule has 0 atom stereocenters. The van der Waals surface area contributed by atoms with Crippen molar-refractivity contribution in [2.45, 2.75) is 13.5 Å². The van der Waals surface area contributed by atoms with Crippen molar-refractivity contribution in [3.8, 4) is 0 Å². The van der Waals surface area contributed by atoms with Crippen LogP contribution in [0.15, 0.2) is 41.1 Å². The van der Waals surface area contributed by atoms with Crippen LogP contribution in [0.1, 0.15) is 11.3 Å². The monoisotopic (exact) mass is 346 g/mol. The van der Waals surface area contributed by atoms with Gasteiger partial charge in [-0.3, -0.25) is 9.88 Å². The molecule has 0 saturated carbocycles. The number of rotatable bonds is 3. The molecule has 2 aromatic heterocycles. The molecule has 1 aliphatic rings. The summed E-state index contributed by atoms with van der Waals surface area (Å²) in [7, 11) is 0. The van der Waals surface area contributed by atoms with Gasteiger partial charge in [0, 0.05) is 50.8 Å². The first-order valence-corrected chi connectivity index (χ1v) is 8.01. The van der Waals surface area contributed by atoms with E-state index in [9.17, 15) is 0 Å². The Bertz CT molecular complexity index is 609. The Morgan fingerprint density at radius 2 is 1.76 bits per heavy atom. The number of aromatic nitrogens is 2. The zero-order valence-corrected chi connectivity index (χ0v) is 13.8. The van der Waals surface area contributed by atoms with Crippen molar-refractivity contribution in [1.29, 1.82) is 0 Å². The fraction of sp³-hybridized carbons (Fsp3) is 0.375. The Morgan fingerprint density at radius 1 is 1.05 bits per heavy atom. The maximum atomic E-state index is 4.48. The van der Waals surface area contributed by atoms with Crippen molar-refractivity contribution < 1.29 is 0 Å². The van der Waals surface area contributed by atoms with Gasteiger partial charge in [0.2, 0.25) is 0 Å². The number of aryl methyl sites for hydroxylation is 1. The molecule has 1 fully saturated rings. The van der Waals surface area contributed by atoms with Crippen molar-refractivity contribution in [2.24, 2.45) is 0 Å². The van der Waals surface area contributed by atoms with Gasteiger partial charge in [0.15, 0.2) is 0 Å². The minimum Gasteiger partial charge on any atom is -0.353 e. The number of nitrogens with zero attached hydrogens (tertiary/aromatic N) is 4. The maximum absolute atomic E-state index is 4.48. The first-order valence-electron chi connectivity index (χ1n) is 7.22. The van der Waals surface area contributed by atoms with E-state index in [1.807, 2.05) is 30.6 Å². The van der Waals surface area contributed by atoms with Crippen molar-refractivity contribution in [3.63, 3.8) is 0 Å². The predicted octanol–water partition coefficient (Wildman–Crippen LogP) is 2.87. The van der Waals surface area contributed by atoms with Crippen LogP contribution in [0.3, 0.4) is 0 Å². The van der Waals surface area contributed by atoms with Gasteiger partial charge in [-0.05, 0) is 46.6 Å². The fourth-order valence-electron chi connectivity index (χ4n) is 2.65. The second-order valence-corrected chi connectivity index (χ2v) is 6.17. The molecule has 2 aromatic rings.